The molecule has 0 amide bonds. The van der Waals surface area contributed by atoms with Gasteiger partial charge in [-0.25, -0.2) is 4.98 Å². The monoisotopic (exact) mass is 530 g/mol. The van der Waals surface area contributed by atoms with Crippen molar-refractivity contribution in [1.82, 2.24) is 39.7 Å². The molecule has 1 aliphatic heterocycles. The fraction of sp³-hybridized carbons (Fsp3) is 0.381. The van der Waals surface area contributed by atoms with Crippen molar-refractivity contribution in [3.63, 3.8) is 0 Å². The molecule has 0 radical (unpaired) electrons. The largest absolute Gasteiger partial charge is 0.504 e. The third-order valence-corrected chi connectivity index (χ3v) is 5.70. The molecule has 1 saturated heterocycles. The van der Waals surface area contributed by atoms with Gasteiger partial charge in [0.2, 0.25) is 11.8 Å². The van der Waals surface area contributed by atoms with Gasteiger partial charge in [0.1, 0.15) is 17.7 Å². The number of nitrogens with one attached hydrogen (secondary N) is 1. The average Bonchev–Trinajstić information content (AvgIpc) is 3.60. The van der Waals surface area contributed by atoms with Crippen molar-refractivity contribution in [1.29, 1.82) is 0 Å². The maximum absolute atomic E-state index is 10.7. The minimum Gasteiger partial charge on any atom is -0.504 e. The SMILES string of the molecule is CCn1nnc([C@H]2O[C@@H](n3cnc4c(N)nc(NCCc5ccc(O)c(O)c5)nc43)[C@H](O)[C@@H]2O)n1.O=CO. The minimum absolute atomic E-state index is 0.121. The van der Waals surface area contributed by atoms with E-state index >= 15 is 0 Å². The van der Waals surface area contributed by atoms with Crippen molar-refractivity contribution in [2.24, 2.45) is 0 Å². The number of aliphatic hydroxyl groups excluding tert-OH is 2. The number of aliphatic hydroxyl groups is 2. The lowest BCUT2D eigenvalue weighted by Gasteiger charge is -2.16. The van der Waals surface area contributed by atoms with E-state index in [4.69, 9.17) is 20.4 Å². The number of anilines is 2. The van der Waals surface area contributed by atoms with Gasteiger partial charge in [-0.2, -0.15) is 14.8 Å². The van der Waals surface area contributed by atoms with Crippen LogP contribution < -0.4 is 11.1 Å². The Balaban J connectivity index is 0.00000107. The first-order valence-electron chi connectivity index (χ1n) is 11.4. The van der Waals surface area contributed by atoms with Crippen LogP contribution in [0, 0.1) is 0 Å². The predicted octanol–water partition coefficient (Wildman–Crippen LogP) is -0.827. The second-order valence-electron chi connectivity index (χ2n) is 8.13. The number of rotatable bonds is 7. The molecule has 0 bridgehead atoms. The normalized spacial score (nSPS) is 20.7. The fourth-order valence-electron chi connectivity index (χ4n) is 3.85. The van der Waals surface area contributed by atoms with E-state index in [1.54, 1.807) is 6.07 Å². The Labute approximate surface area is 214 Å². The number of aromatic nitrogens is 8. The van der Waals surface area contributed by atoms with E-state index < -0.39 is 24.5 Å². The van der Waals surface area contributed by atoms with Gasteiger partial charge >= 0.3 is 0 Å². The number of tetrazole rings is 1. The minimum atomic E-state index is -1.32. The molecule has 17 nitrogen and oxygen atoms in total. The highest BCUT2D eigenvalue weighted by atomic mass is 16.6. The lowest BCUT2D eigenvalue weighted by Crippen LogP contribution is -2.29. The van der Waals surface area contributed by atoms with Crippen molar-refractivity contribution in [3.05, 3.63) is 35.9 Å². The topological polar surface area (TPSA) is 253 Å². The smallest absolute Gasteiger partial charge is 0.290 e. The number of phenols is 2. The van der Waals surface area contributed by atoms with Crippen LogP contribution in [0.15, 0.2) is 24.5 Å². The zero-order chi connectivity index (χ0) is 27.4. The van der Waals surface area contributed by atoms with Gasteiger partial charge in [-0.15, -0.1) is 10.2 Å². The van der Waals surface area contributed by atoms with Crippen molar-refractivity contribution >= 4 is 29.4 Å². The maximum atomic E-state index is 10.7. The number of phenolic OH excluding ortho intramolecular Hbond substituents is 2. The van der Waals surface area contributed by atoms with Gasteiger partial charge in [0.25, 0.3) is 6.47 Å². The molecular formula is C21H26N10O7. The van der Waals surface area contributed by atoms with E-state index in [1.165, 1.54) is 27.8 Å². The van der Waals surface area contributed by atoms with E-state index in [9.17, 15) is 20.4 Å². The molecule has 0 unspecified atom stereocenters. The highest BCUT2D eigenvalue weighted by Crippen LogP contribution is 2.38. The van der Waals surface area contributed by atoms with Crippen LogP contribution in [0.2, 0.25) is 0 Å². The molecule has 38 heavy (non-hydrogen) atoms. The number of nitrogens with two attached hydrogens (primary N) is 1. The van der Waals surface area contributed by atoms with Gasteiger partial charge in [0, 0.05) is 6.54 Å². The molecule has 0 aliphatic carbocycles. The summed E-state index contributed by atoms with van der Waals surface area (Å²) in [5.74, 6) is 0.108. The molecule has 0 spiro atoms. The highest BCUT2D eigenvalue weighted by Gasteiger charge is 2.47. The number of aryl methyl sites for hydroxylation is 1. The molecule has 17 heteroatoms. The molecule has 5 rings (SSSR count). The fourth-order valence-corrected chi connectivity index (χ4v) is 3.85. The van der Waals surface area contributed by atoms with Gasteiger partial charge in [-0.3, -0.25) is 9.36 Å². The number of fused-ring (bicyclic) bond motifs is 1. The van der Waals surface area contributed by atoms with Gasteiger partial charge in [-0.05, 0) is 36.3 Å². The second kappa shape index (κ2) is 11.2. The summed E-state index contributed by atoms with van der Waals surface area (Å²) < 4.78 is 7.37. The van der Waals surface area contributed by atoms with Gasteiger partial charge in [0.15, 0.2) is 35.3 Å². The Morgan fingerprint density at radius 3 is 2.63 bits per heavy atom. The van der Waals surface area contributed by atoms with Crippen LogP contribution in [0.5, 0.6) is 11.5 Å². The standard InChI is InChI=1S/C20H24N10O5.CH2O2/c1-2-30-27-17(26-28-30)15-13(33)14(34)19(35-15)29-8-23-12-16(21)24-20(25-18(12)29)22-6-5-9-3-4-10(31)11(32)7-9;2-1-3/h3-4,7-8,13-15,19,31-34H,2,5-6H2,1H3,(H3,21,22,24,25);1H,(H,2,3)/t13-,14+,15-,19+;/m0./s1. The molecule has 1 fully saturated rings. The average molecular weight is 531 g/mol. The number of hydrogen-bond donors (Lipinski definition) is 7. The van der Waals surface area contributed by atoms with Crippen LogP contribution in [-0.2, 0) is 22.5 Å². The molecule has 8 N–H and O–H groups in total. The van der Waals surface area contributed by atoms with Crippen LogP contribution in [0.25, 0.3) is 11.2 Å². The Kier molecular flexibility index (Phi) is 7.79. The summed E-state index contributed by atoms with van der Waals surface area (Å²) in [5, 5.41) is 62.2. The summed E-state index contributed by atoms with van der Waals surface area (Å²) in [5.41, 5.74) is 7.47. The Bertz CT molecular complexity index is 1410. The molecule has 1 aromatic carbocycles. The van der Waals surface area contributed by atoms with Crippen molar-refractivity contribution in [2.45, 2.75) is 44.4 Å². The van der Waals surface area contributed by atoms with Gasteiger partial charge in [0.05, 0.1) is 12.9 Å². The number of carboxylic acid groups (broad SMARTS) is 1. The van der Waals surface area contributed by atoms with E-state index in [0.29, 0.717) is 30.7 Å². The quantitative estimate of drug-likeness (QED) is 0.114. The lowest BCUT2D eigenvalue weighted by molar-refractivity contribution is -0.122. The first kappa shape index (κ1) is 26.5. The van der Waals surface area contributed by atoms with Gasteiger partial charge in [-0.1, -0.05) is 6.07 Å². The lowest BCUT2D eigenvalue weighted by atomic mass is 10.1. The zero-order valence-corrected chi connectivity index (χ0v) is 20.0. The van der Waals surface area contributed by atoms with Crippen LogP contribution in [0.3, 0.4) is 0 Å². The van der Waals surface area contributed by atoms with E-state index in [2.05, 4.69) is 35.7 Å². The number of nitrogen functional groups attached to an aromatic ring is 1. The Morgan fingerprint density at radius 1 is 1.18 bits per heavy atom. The predicted molar refractivity (Wildman–Crippen MR) is 129 cm³/mol. The van der Waals surface area contributed by atoms with E-state index in [0.717, 1.165) is 5.56 Å². The first-order chi connectivity index (χ1) is 18.3. The summed E-state index contributed by atoms with van der Waals surface area (Å²) in [7, 11) is 0. The summed E-state index contributed by atoms with van der Waals surface area (Å²) >= 11 is 0. The zero-order valence-electron chi connectivity index (χ0n) is 20.0. The van der Waals surface area contributed by atoms with Crippen molar-refractivity contribution in [2.75, 3.05) is 17.6 Å². The summed E-state index contributed by atoms with van der Waals surface area (Å²) in [6, 6.07) is 4.58. The van der Waals surface area contributed by atoms with Crippen LogP contribution in [0.4, 0.5) is 11.8 Å². The number of benzene rings is 1. The molecule has 4 aromatic rings. The molecule has 4 atom stereocenters. The number of carbonyl (C=O) groups is 1. The van der Waals surface area contributed by atoms with Crippen LogP contribution in [-0.4, -0.2) is 90.5 Å². The highest BCUT2D eigenvalue weighted by molar-refractivity contribution is 5.83. The van der Waals surface area contributed by atoms with Crippen LogP contribution >= 0.6 is 0 Å². The van der Waals surface area contributed by atoms with Crippen molar-refractivity contribution < 1.29 is 35.1 Å². The molecule has 1 aliphatic rings. The second-order valence-corrected chi connectivity index (χ2v) is 8.13. The molecule has 202 valence electrons. The Hall–Kier alpha value is -4.61. The van der Waals surface area contributed by atoms with E-state index in [-0.39, 0.29) is 35.6 Å². The first-order valence-corrected chi connectivity index (χ1v) is 11.4. The van der Waals surface area contributed by atoms with Gasteiger partial charge < -0.3 is 41.3 Å². The Morgan fingerprint density at radius 2 is 1.95 bits per heavy atom. The summed E-state index contributed by atoms with van der Waals surface area (Å²) in [6.45, 7) is 2.50. The summed E-state index contributed by atoms with van der Waals surface area (Å²) in [6.07, 6.45) is -2.73. The van der Waals surface area contributed by atoms with Crippen LogP contribution in [0.1, 0.15) is 30.6 Å². The number of ether oxygens (including phenoxy) is 1. The third kappa shape index (κ3) is 5.24. The molecule has 0 saturated carbocycles. The number of nitrogens with zero attached hydrogens (tertiary/aromatic N) is 8. The van der Waals surface area contributed by atoms with E-state index in [1.807, 2.05) is 6.92 Å². The molecule has 3 aromatic heterocycles. The number of hydrogen-bond acceptors (Lipinski definition) is 14. The number of aromatic hydroxyl groups is 2. The molecule has 4 heterocycles. The molecular weight excluding hydrogens is 504 g/mol. The number of imidazole rings is 1. The van der Waals surface area contributed by atoms with Crippen molar-refractivity contribution in [3.8, 4) is 11.5 Å². The summed E-state index contributed by atoms with van der Waals surface area (Å²) in [4.78, 5) is 22.6. The maximum Gasteiger partial charge on any atom is 0.290 e. The third-order valence-electron chi connectivity index (χ3n) is 5.70.